The monoisotopic (exact) mass is 1810 g/mol. The summed E-state index contributed by atoms with van der Waals surface area (Å²) in [6.07, 6.45) is 15.8. The summed E-state index contributed by atoms with van der Waals surface area (Å²) in [5.41, 5.74) is 6.60. The minimum atomic E-state index is -0.754. The van der Waals surface area contributed by atoms with Gasteiger partial charge < -0.3 is 49.2 Å². The normalized spacial score (nSPS) is 24.8. The van der Waals surface area contributed by atoms with Crippen molar-refractivity contribution in [3.05, 3.63) is 286 Å². The molecule has 10 aliphatic rings. The van der Waals surface area contributed by atoms with Gasteiger partial charge in [0.2, 0.25) is 0 Å². The lowest BCUT2D eigenvalue weighted by Gasteiger charge is -2.19. The van der Waals surface area contributed by atoms with Crippen LogP contribution in [0.2, 0.25) is 0 Å². The second kappa shape index (κ2) is 43.8. The van der Waals surface area contributed by atoms with Gasteiger partial charge in [-0.25, -0.2) is 18.2 Å². The van der Waals surface area contributed by atoms with Gasteiger partial charge >= 0.3 is 0 Å². The van der Waals surface area contributed by atoms with Crippen molar-refractivity contribution in [2.24, 2.45) is 59.2 Å². The first-order chi connectivity index (χ1) is 63.6. The number of carbonyl (C=O) groups excluding carboxylic acids is 5. The first kappa shape index (κ1) is 95.6. The van der Waals surface area contributed by atoms with Crippen LogP contribution in [0.5, 0.6) is 57.5 Å². The molecule has 2 aromatic heterocycles. The van der Waals surface area contributed by atoms with Gasteiger partial charge in [0.1, 0.15) is 69.1 Å². The summed E-state index contributed by atoms with van der Waals surface area (Å²) in [6.45, 7) is 18.9. The molecule has 133 heavy (non-hydrogen) atoms. The molecule has 5 aliphatic carbocycles. The van der Waals surface area contributed by atoms with Crippen molar-refractivity contribution in [3.8, 4) is 57.5 Å². The van der Waals surface area contributed by atoms with E-state index in [1.54, 1.807) is 104 Å². The van der Waals surface area contributed by atoms with Crippen LogP contribution in [0.1, 0.15) is 146 Å². The van der Waals surface area contributed by atoms with Crippen molar-refractivity contribution >= 4 is 28.9 Å². The average molecular weight is 1820 g/mol. The van der Waals surface area contributed by atoms with Gasteiger partial charge in [-0.05, 0) is 320 Å². The molecule has 0 bridgehead atoms. The Kier molecular flexibility index (Phi) is 31.5. The van der Waals surface area contributed by atoms with Crippen LogP contribution >= 0.6 is 0 Å². The maximum Gasteiger partial charge on any atom is 0.195 e. The number of aromatic hydroxyl groups is 5. The van der Waals surface area contributed by atoms with E-state index in [1.807, 2.05) is 55.5 Å². The van der Waals surface area contributed by atoms with E-state index in [9.17, 15) is 62.7 Å². The van der Waals surface area contributed by atoms with E-state index in [0.29, 0.717) is 143 Å². The maximum absolute atomic E-state index is 13.7. The summed E-state index contributed by atoms with van der Waals surface area (Å²) in [6, 6.07) is 56.4. The topological polar surface area (TPSA) is 275 Å². The minimum absolute atomic E-state index is 0. The summed E-state index contributed by atoms with van der Waals surface area (Å²) >= 11 is 0. The van der Waals surface area contributed by atoms with Gasteiger partial charge in [-0.3, -0.25) is 53.5 Å². The number of phenolic OH excluding ortho intramolecular Hbond substituents is 4. The van der Waals surface area contributed by atoms with Crippen LogP contribution < -0.4 is 23.7 Å². The molecule has 0 amide bonds. The van der Waals surface area contributed by atoms with E-state index < -0.39 is 11.6 Å². The summed E-state index contributed by atoms with van der Waals surface area (Å²) in [7, 11) is 0. The van der Waals surface area contributed by atoms with Crippen molar-refractivity contribution in [2.75, 3.05) is 98.2 Å². The number of ether oxygens (including phenoxy) is 5. The van der Waals surface area contributed by atoms with Gasteiger partial charge in [-0.15, -0.1) is 0 Å². The quantitative estimate of drug-likeness (QED) is 0.0333. The summed E-state index contributed by atoms with van der Waals surface area (Å²) in [5.74, 6) is 8.63. The Hall–Kier alpha value is -12.0. The van der Waals surface area contributed by atoms with Crippen LogP contribution in [0.3, 0.4) is 0 Å². The van der Waals surface area contributed by atoms with Gasteiger partial charge in [-0.2, -0.15) is 0 Å². The van der Waals surface area contributed by atoms with Gasteiger partial charge in [0.25, 0.3) is 0 Å². The number of ketones is 5. The zero-order valence-corrected chi connectivity index (χ0v) is 75.2. The number of nitrogens with zero attached hydrogens (tertiary/aromatic N) is 7. The average Bonchev–Trinajstić information content (AvgIpc) is 1.67. The number of pyridine rings is 2. The van der Waals surface area contributed by atoms with E-state index in [-0.39, 0.29) is 95.4 Å². The second-order valence-electron chi connectivity index (χ2n) is 38.1. The van der Waals surface area contributed by atoms with E-state index in [0.717, 1.165) is 159 Å². The molecule has 8 aromatic carbocycles. The first-order valence-corrected chi connectivity index (χ1v) is 46.3. The Balaban J connectivity index is 0.000000127. The molecule has 700 valence electrons. The Bertz CT molecular complexity index is 5520. The fourth-order valence-electron chi connectivity index (χ4n) is 21.5. The fraction of sp³-hybridized carbons (Fsp3) is 0.417. The largest absolute Gasteiger partial charge is 0.508 e. The van der Waals surface area contributed by atoms with Crippen LogP contribution in [0, 0.1) is 104 Å². The molecule has 5 saturated carbocycles. The number of rotatable bonds is 25. The van der Waals surface area contributed by atoms with E-state index >= 15 is 0 Å². The molecule has 0 spiro atoms. The Morgan fingerprint density at radius 1 is 0.316 bits per heavy atom. The highest BCUT2D eigenvalue weighted by atomic mass is 19.1. The minimum Gasteiger partial charge on any atom is -0.508 e. The number of Topliss-reactive ketones (excluding diaryl/α,β-unsaturated/α-hetero) is 5. The van der Waals surface area contributed by atoms with Crippen molar-refractivity contribution < 1.29 is 86.4 Å². The number of aromatic nitrogens is 2. The van der Waals surface area contributed by atoms with Crippen LogP contribution in [0.15, 0.2) is 219 Å². The van der Waals surface area contributed by atoms with E-state index in [4.69, 9.17) is 23.7 Å². The molecule has 5 saturated heterocycles. The Morgan fingerprint density at radius 3 is 0.985 bits per heavy atom. The third kappa shape index (κ3) is 25.9. The summed E-state index contributed by atoms with van der Waals surface area (Å²) in [4.78, 5) is 81.1. The van der Waals surface area contributed by atoms with Crippen LogP contribution in [-0.2, 0) is 0 Å². The lowest BCUT2D eigenvalue weighted by molar-refractivity contribution is 0.0924. The molecular weight excluding hydrogens is 1690 g/mol. The van der Waals surface area contributed by atoms with Crippen molar-refractivity contribution in [2.45, 2.75) is 130 Å². The third-order valence-corrected chi connectivity index (χ3v) is 28.0. The highest BCUT2D eigenvalue weighted by Gasteiger charge is 2.47. The fourth-order valence-corrected chi connectivity index (χ4v) is 21.5. The molecule has 0 radical (unpaired) electrons. The molecule has 25 heteroatoms. The molecule has 10 fully saturated rings. The smallest absolute Gasteiger partial charge is 0.195 e. The number of carbonyl (C=O) groups is 5. The molecular formula is C108H122F3N7O15. The molecule has 5 N–H and O–H groups in total. The van der Waals surface area contributed by atoms with Gasteiger partial charge in [-0.1, -0.05) is 48.9 Å². The number of aryl methyl sites for hydroxylation is 4. The van der Waals surface area contributed by atoms with Crippen LogP contribution in [0.25, 0.3) is 0 Å². The van der Waals surface area contributed by atoms with Gasteiger partial charge in [0, 0.05) is 106 Å². The summed E-state index contributed by atoms with van der Waals surface area (Å²) in [5, 5.41) is 46.5. The predicted molar refractivity (Wildman–Crippen MR) is 501 cm³/mol. The van der Waals surface area contributed by atoms with Crippen molar-refractivity contribution in [1.82, 2.24) is 34.5 Å². The van der Waals surface area contributed by atoms with Crippen LogP contribution in [0.4, 0.5) is 13.2 Å². The number of hydrogen-bond donors (Lipinski definition) is 5. The number of halogens is 3. The predicted octanol–water partition coefficient (Wildman–Crippen LogP) is 17.9. The van der Waals surface area contributed by atoms with E-state index in [1.165, 1.54) is 53.7 Å². The van der Waals surface area contributed by atoms with Gasteiger partial charge in [0.15, 0.2) is 40.5 Å². The number of fused-ring (bicyclic) bond motifs is 5. The number of likely N-dealkylation sites (tertiary alicyclic amines) is 5. The zero-order chi connectivity index (χ0) is 92.2. The lowest BCUT2D eigenvalue weighted by atomic mass is 10.0. The SMILES string of the molecule is C.Cc1cc(F)cc(OC2C[C@@H]3CN(CC(=O)c4ccc(O)cn4)C[C@@H]3C2)c1.Cc1ccc(OC2C[C@@H]3CN(CC(=O)c4ccc(O)c(F)c4)C[C@@H]3C2)cc1.Cc1ccc(OC2C[C@@H]3CN(CC(=O)c4ccc(O)cc4)C[C@@H]3C2)cc1.Cc1ccc(OC2C[C@@H]3CN(CC(=O)c4ccc(O)cc4)C[C@@H]3C2)cc1F.O=C(CN1C[C@H]2CC(Oc3cccnc3)C[C@H]2C1)c1ccc(O)cc1. The third-order valence-electron chi connectivity index (χ3n) is 28.0. The Morgan fingerprint density at radius 2 is 0.647 bits per heavy atom. The number of benzene rings is 8. The molecule has 20 rings (SSSR count). The molecule has 5 unspecified atom stereocenters. The second-order valence-corrected chi connectivity index (χ2v) is 38.1. The zero-order valence-electron chi connectivity index (χ0n) is 75.2. The maximum atomic E-state index is 13.7. The summed E-state index contributed by atoms with van der Waals surface area (Å²) < 4.78 is 71.0. The van der Waals surface area contributed by atoms with Crippen LogP contribution in [-0.4, -0.2) is 218 Å². The highest BCUT2D eigenvalue weighted by Crippen LogP contribution is 2.46. The van der Waals surface area contributed by atoms with Gasteiger partial charge in [0.05, 0.1) is 75.6 Å². The standard InChI is InChI=1S/2C22H24FNO3.C22H25NO3.C21H23FN2O3.C20H22N2O3.CH4/c1-14-2-7-19(10-21(14)23)27-20-8-16-11-24(12-17(16)9-20)13-22(26)15-3-5-18(25)6-4-15;1-14-2-5-18(6-3-14)27-19-8-16-11-24(12-17(16)9-19)13-22(26)15-4-7-21(25)20(23)10-15;1-15-2-8-20(9-3-15)26-21-10-17-12-23(13-18(17)11-21)14-22(25)16-4-6-19(24)7-5-16;1-13-4-16(22)8-18(5-13)27-19-6-14-10-24(11-15(14)7-19)12-21(26)20-3-2-17(25)9-23-20;23-17-5-3-14(4-6-17)20(24)13-22-11-15-8-19(9-16(15)12-22)25-18-2-1-7-21-10-18;/h2-7,10,16-17,20,25H,8-9,11-13H2,1H3;2-7,10,16-17,19,25H,8-9,11-13H2,1H3;2-9,17-18,21,24H,10-14H2,1H3;2-5,8-9,14-15,19,25H,6-7,10-12H2,1H3;1-7,10,15-16,19,23H,8-9,11-13H2;1H4/t16-,17+,20?;16-,17+,19?;17-,18+,21?;14-,15+,19?;15-,16+,19?;. The van der Waals surface area contributed by atoms with Crippen molar-refractivity contribution in [3.63, 3.8) is 0 Å². The molecule has 5 aliphatic heterocycles. The highest BCUT2D eigenvalue weighted by molar-refractivity contribution is 5.99. The lowest BCUT2D eigenvalue weighted by Crippen LogP contribution is -2.30. The molecule has 22 nitrogen and oxygen atoms in total. The molecule has 10 aromatic rings. The van der Waals surface area contributed by atoms with Crippen molar-refractivity contribution in [1.29, 1.82) is 0 Å². The van der Waals surface area contributed by atoms with E-state index in [2.05, 4.69) is 72.6 Å². The first-order valence-electron chi connectivity index (χ1n) is 46.3. The number of phenols is 4. The molecule has 7 heterocycles. The number of hydrogen-bond acceptors (Lipinski definition) is 22. The molecule has 15 atom stereocenters. The Labute approximate surface area is 776 Å².